The molecule has 0 spiro atoms. The highest BCUT2D eigenvalue weighted by molar-refractivity contribution is 5.89. The van der Waals surface area contributed by atoms with Crippen molar-refractivity contribution in [2.24, 2.45) is 0 Å². The van der Waals surface area contributed by atoms with Crippen molar-refractivity contribution >= 4 is 17.8 Å². The van der Waals surface area contributed by atoms with Gasteiger partial charge in [0.15, 0.2) is 5.76 Å². The molecule has 0 aliphatic carbocycles. The van der Waals surface area contributed by atoms with Gasteiger partial charge in [-0.2, -0.15) is 0 Å². The fourth-order valence-electron chi connectivity index (χ4n) is 3.62. The van der Waals surface area contributed by atoms with E-state index in [1.54, 1.807) is 24.0 Å². The van der Waals surface area contributed by atoms with Gasteiger partial charge in [-0.25, -0.2) is 9.18 Å². The van der Waals surface area contributed by atoms with Gasteiger partial charge in [-0.15, -0.1) is 0 Å². The van der Waals surface area contributed by atoms with Gasteiger partial charge in [0.2, 0.25) is 0 Å². The van der Waals surface area contributed by atoms with Crippen molar-refractivity contribution in [1.82, 2.24) is 10.1 Å². The monoisotopic (exact) mass is 435 g/mol. The lowest BCUT2D eigenvalue weighted by atomic mass is 10.0. The van der Waals surface area contributed by atoms with Crippen LogP contribution in [0.1, 0.15) is 29.7 Å². The second-order valence-corrected chi connectivity index (χ2v) is 7.81. The number of amides is 2. The second kappa shape index (κ2) is 10.1. The van der Waals surface area contributed by atoms with Crippen molar-refractivity contribution in [3.63, 3.8) is 0 Å². The fourth-order valence-corrected chi connectivity index (χ4v) is 3.62. The molecule has 1 N–H and O–H groups in total. The van der Waals surface area contributed by atoms with E-state index >= 15 is 0 Å². The number of carbonyl (C=O) groups is 1. The van der Waals surface area contributed by atoms with Crippen LogP contribution in [0.4, 0.5) is 14.9 Å². The summed E-state index contributed by atoms with van der Waals surface area (Å²) in [6.07, 6.45) is 6.05. The molecule has 1 aliphatic heterocycles. The Morgan fingerprint density at radius 2 is 2.00 bits per heavy atom. The van der Waals surface area contributed by atoms with Crippen LogP contribution >= 0.6 is 0 Å². The number of likely N-dealkylation sites (tertiary alicyclic amines) is 1. The number of ether oxygens (including phenoxy) is 1. The number of aryl methyl sites for hydroxylation is 1. The first-order valence-electron chi connectivity index (χ1n) is 10.7. The van der Waals surface area contributed by atoms with E-state index in [2.05, 4.69) is 16.5 Å². The molecule has 1 fully saturated rings. The van der Waals surface area contributed by atoms with Crippen molar-refractivity contribution < 1.29 is 18.4 Å². The standard InChI is InChI=1S/C25H26FN3O3/c1-18-24(17-27-32-18)28-25(30)29-12-9-20(10-13-29)15-21-3-2-4-23(16-21)31-14-11-19-5-7-22(26)8-6-19/h2-8,15-17H,9-14H2,1H3,(H,28,30). The molecule has 1 aliphatic rings. The molecule has 7 heteroatoms. The Morgan fingerprint density at radius 3 is 2.72 bits per heavy atom. The number of halogens is 1. The van der Waals surface area contributed by atoms with Crippen LogP contribution in [0.25, 0.3) is 6.08 Å². The molecular weight excluding hydrogens is 409 g/mol. The van der Waals surface area contributed by atoms with E-state index in [4.69, 9.17) is 9.26 Å². The third-order valence-electron chi connectivity index (χ3n) is 5.49. The average molecular weight is 435 g/mol. The van der Waals surface area contributed by atoms with Crippen LogP contribution in [0, 0.1) is 12.7 Å². The lowest BCUT2D eigenvalue weighted by molar-refractivity contribution is 0.207. The third-order valence-corrected chi connectivity index (χ3v) is 5.49. The molecule has 0 bridgehead atoms. The van der Waals surface area contributed by atoms with E-state index in [0.717, 1.165) is 36.1 Å². The maximum atomic E-state index is 13.0. The molecule has 2 amide bonds. The highest BCUT2D eigenvalue weighted by atomic mass is 19.1. The zero-order chi connectivity index (χ0) is 22.3. The van der Waals surface area contributed by atoms with E-state index < -0.39 is 0 Å². The van der Waals surface area contributed by atoms with Crippen molar-refractivity contribution in [3.05, 3.63) is 83.0 Å². The van der Waals surface area contributed by atoms with Crippen LogP contribution in [0.15, 0.2) is 64.8 Å². The second-order valence-electron chi connectivity index (χ2n) is 7.81. The molecule has 2 heterocycles. The minimum Gasteiger partial charge on any atom is -0.493 e. The molecule has 0 radical (unpaired) electrons. The quantitative estimate of drug-likeness (QED) is 0.559. The number of aromatic nitrogens is 1. The van der Waals surface area contributed by atoms with E-state index in [-0.39, 0.29) is 11.8 Å². The first kappa shape index (κ1) is 21.6. The molecule has 166 valence electrons. The lowest BCUT2D eigenvalue weighted by Gasteiger charge is -2.28. The van der Waals surface area contributed by atoms with Crippen molar-refractivity contribution in [2.45, 2.75) is 26.2 Å². The third kappa shape index (κ3) is 5.75. The van der Waals surface area contributed by atoms with Crippen LogP contribution in [0.3, 0.4) is 0 Å². The average Bonchev–Trinajstić information content (AvgIpc) is 3.20. The van der Waals surface area contributed by atoms with Crippen molar-refractivity contribution in [2.75, 3.05) is 25.0 Å². The highest BCUT2D eigenvalue weighted by Gasteiger charge is 2.20. The summed E-state index contributed by atoms with van der Waals surface area (Å²) in [6, 6.07) is 14.3. The van der Waals surface area contributed by atoms with Gasteiger partial charge in [0.1, 0.15) is 17.3 Å². The van der Waals surface area contributed by atoms with E-state index in [1.165, 1.54) is 23.9 Å². The number of benzene rings is 2. The predicted molar refractivity (Wildman–Crippen MR) is 121 cm³/mol. The number of rotatable bonds is 6. The Labute approximate surface area is 186 Å². The zero-order valence-corrected chi connectivity index (χ0v) is 18.0. The van der Waals surface area contributed by atoms with Gasteiger partial charge in [0, 0.05) is 19.5 Å². The summed E-state index contributed by atoms with van der Waals surface area (Å²) in [5.74, 6) is 1.17. The molecule has 6 nitrogen and oxygen atoms in total. The fraction of sp³-hybridized carbons (Fsp3) is 0.280. The molecule has 2 aromatic carbocycles. The Morgan fingerprint density at radius 1 is 1.22 bits per heavy atom. The highest BCUT2D eigenvalue weighted by Crippen LogP contribution is 2.23. The molecule has 0 saturated carbocycles. The summed E-state index contributed by atoms with van der Waals surface area (Å²) in [7, 11) is 0. The first-order chi connectivity index (χ1) is 15.6. The Balaban J connectivity index is 1.27. The van der Waals surface area contributed by atoms with E-state index in [1.807, 2.05) is 24.3 Å². The smallest absolute Gasteiger partial charge is 0.322 e. The Hall–Kier alpha value is -3.61. The largest absolute Gasteiger partial charge is 0.493 e. The minimum atomic E-state index is -0.229. The summed E-state index contributed by atoms with van der Waals surface area (Å²) in [6.45, 7) is 3.62. The van der Waals surface area contributed by atoms with Gasteiger partial charge in [-0.3, -0.25) is 0 Å². The number of piperidine rings is 1. The topological polar surface area (TPSA) is 67.6 Å². The molecule has 0 atom stereocenters. The summed E-state index contributed by atoms with van der Waals surface area (Å²) in [5.41, 5.74) is 4.03. The lowest BCUT2D eigenvalue weighted by Crippen LogP contribution is -2.39. The van der Waals surface area contributed by atoms with Crippen molar-refractivity contribution in [3.8, 4) is 5.75 Å². The summed E-state index contributed by atoms with van der Waals surface area (Å²) in [5, 5.41) is 6.52. The van der Waals surface area contributed by atoms with Crippen LogP contribution in [0.2, 0.25) is 0 Å². The summed E-state index contributed by atoms with van der Waals surface area (Å²) < 4.78 is 23.9. The normalized spacial score (nSPS) is 13.7. The van der Waals surface area contributed by atoms with Crippen LogP contribution in [-0.4, -0.2) is 35.8 Å². The zero-order valence-electron chi connectivity index (χ0n) is 18.0. The van der Waals surface area contributed by atoms with Gasteiger partial charge in [-0.05, 0) is 55.2 Å². The van der Waals surface area contributed by atoms with Gasteiger partial charge in [0.25, 0.3) is 0 Å². The van der Waals surface area contributed by atoms with Gasteiger partial charge < -0.3 is 19.5 Å². The van der Waals surface area contributed by atoms with Gasteiger partial charge in [-0.1, -0.05) is 41.1 Å². The molecule has 4 rings (SSSR count). The molecule has 3 aromatic rings. The van der Waals surface area contributed by atoms with Crippen LogP contribution in [-0.2, 0) is 6.42 Å². The van der Waals surface area contributed by atoms with Crippen molar-refractivity contribution in [1.29, 1.82) is 0 Å². The molecule has 1 aromatic heterocycles. The molecule has 32 heavy (non-hydrogen) atoms. The number of nitrogens with zero attached hydrogens (tertiary/aromatic N) is 2. The maximum Gasteiger partial charge on any atom is 0.322 e. The first-order valence-corrected chi connectivity index (χ1v) is 10.7. The number of carbonyl (C=O) groups excluding carboxylic acids is 1. The molecular formula is C25H26FN3O3. The predicted octanol–water partition coefficient (Wildman–Crippen LogP) is 5.45. The number of urea groups is 1. The molecule has 1 saturated heterocycles. The van der Waals surface area contributed by atoms with Gasteiger partial charge >= 0.3 is 6.03 Å². The van der Waals surface area contributed by atoms with Gasteiger partial charge in [0.05, 0.1) is 12.8 Å². The Bertz CT molecular complexity index is 1080. The number of hydrogen-bond acceptors (Lipinski definition) is 4. The summed E-state index contributed by atoms with van der Waals surface area (Å²) in [4.78, 5) is 14.2. The van der Waals surface area contributed by atoms with E-state index in [0.29, 0.717) is 31.1 Å². The van der Waals surface area contributed by atoms with Crippen LogP contribution < -0.4 is 10.1 Å². The Kier molecular flexibility index (Phi) is 6.84. The SMILES string of the molecule is Cc1oncc1NC(=O)N1CCC(=Cc2cccc(OCCc3ccc(F)cc3)c2)CC1. The minimum absolute atomic E-state index is 0.132. The number of anilines is 1. The maximum absolute atomic E-state index is 13.0. The van der Waals surface area contributed by atoms with Crippen LogP contribution in [0.5, 0.6) is 5.75 Å². The van der Waals surface area contributed by atoms with E-state index in [9.17, 15) is 9.18 Å². The molecule has 0 unspecified atom stereocenters. The number of nitrogens with one attached hydrogen (secondary N) is 1. The number of hydrogen-bond donors (Lipinski definition) is 1. The summed E-state index contributed by atoms with van der Waals surface area (Å²) >= 11 is 0.